The lowest BCUT2D eigenvalue weighted by Gasteiger charge is -2.33. The SMILES string of the molecule is C[C@@H]1Cc2nn3c(c2CN1C(=O)Nc1ccc(F)c(Br)c1)C(=O)N(C)N=C(COCC(F)F)C3. The lowest BCUT2D eigenvalue weighted by atomic mass is 9.99. The standard InChI is InChI=1S/C21H22BrF3N6O3/c1-11-5-17-14(8-30(11)21(33)26-12-3-4-16(23)15(22)6-12)19-20(32)29(2)27-13(7-31(19)28-17)9-34-10-18(24)25/h3-4,6,11,18H,5,7-10H2,1-2H3,(H,26,33)/t11-/m1/s1. The smallest absolute Gasteiger partial charge is 0.322 e. The Morgan fingerprint density at radius 1 is 1.35 bits per heavy atom. The van der Waals surface area contributed by atoms with Crippen molar-refractivity contribution in [2.45, 2.75) is 38.9 Å². The Morgan fingerprint density at radius 3 is 2.82 bits per heavy atom. The predicted molar refractivity (Wildman–Crippen MR) is 120 cm³/mol. The van der Waals surface area contributed by atoms with E-state index in [1.807, 2.05) is 6.92 Å². The molecule has 2 aliphatic heterocycles. The van der Waals surface area contributed by atoms with Crippen molar-refractivity contribution >= 4 is 39.3 Å². The van der Waals surface area contributed by atoms with Crippen molar-refractivity contribution in [1.82, 2.24) is 19.7 Å². The van der Waals surface area contributed by atoms with Crippen molar-refractivity contribution in [2.24, 2.45) is 5.10 Å². The van der Waals surface area contributed by atoms with Crippen LogP contribution in [0.25, 0.3) is 0 Å². The van der Waals surface area contributed by atoms with Gasteiger partial charge in [0.25, 0.3) is 12.3 Å². The summed E-state index contributed by atoms with van der Waals surface area (Å²) in [5, 5.41) is 12.6. The van der Waals surface area contributed by atoms with Gasteiger partial charge in [-0.2, -0.15) is 10.2 Å². The van der Waals surface area contributed by atoms with E-state index in [2.05, 4.69) is 31.4 Å². The molecule has 1 aromatic carbocycles. The molecule has 1 aromatic heterocycles. The van der Waals surface area contributed by atoms with Crippen molar-refractivity contribution in [1.29, 1.82) is 0 Å². The fraction of sp³-hybridized carbons (Fsp3) is 0.429. The van der Waals surface area contributed by atoms with Gasteiger partial charge in [-0.05, 0) is 41.1 Å². The number of urea groups is 1. The Labute approximate surface area is 201 Å². The Morgan fingerprint density at radius 2 is 2.12 bits per heavy atom. The van der Waals surface area contributed by atoms with E-state index in [0.29, 0.717) is 34.8 Å². The molecule has 4 rings (SSSR count). The Kier molecular flexibility index (Phi) is 6.94. The van der Waals surface area contributed by atoms with Crippen molar-refractivity contribution in [3.05, 3.63) is 45.4 Å². The van der Waals surface area contributed by atoms with Crippen LogP contribution < -0.4 is 5.32 Å². The van der Waals surface area contributed by atoms with Crippen LogP contribution in [-0.4, -0.2) is 70.1 Å². The molecule has 0 unspecified atom stereocenters. The minimum Gasteiger partial charge on any atom is -0.369 e. The molecule has 13 heteroatoms. The number of aromatic nitrogens is 2. The Bertz CT molecular complexity index is 1160. The zero-order chi connectivity index (χ0) is 24.6. The van der Waals surface area contributed by atoms with Crippen molar-refractivity contribution in [3.63, 3.8) is 0 Å². The maximum atomic E-state index is 13.5. The third-order valence-corrected chi connectivity index (χ3v) is 6.16. The van der Waals surface area contributed by atoms with E-state index < -0.39 is 30.8 Å². The summed E-state index contributed by atoms with van der Waals surface area (Å²) < 4.78 is 45.0. The molecule has 0 spiro atoms. The molecule has 9 nitrogen and oxygen atoms in total. The molecular formula is C21H22BrF3N6O3. The van der Waals surface area contributed by atoms with Gasteiger partial charge >= 0.3 is 6.03 Å². The zero-order valence-electron chi connectivity index (χ0n) is 18.4. The summed E-state index contributed by atoms with van der Waals surface area (Å²) in [7, 11) is 1.47. The number of hydrogen-bond acceptors (Lipinski definition) is 5. The maximum Gasteiger partial charge on any atom is 0.322 e. The van der Waals surface area contributed by atoms with E-state index in [9.17, 15) is 22.8 Å². The molecule has 2 aromatic rings. The summed E-state index contributed by atoms with van der Waals surface area (Å²) in [6, 6.07) is 3.55. The molecule has 0 bridgehead atoms. The van der Waals surface area contributed by atoms with E-state index in [1.54, 1.807) is 4.90 Å². The minimum absolute atomic E-state index is 0.103. The first-order valence-corrected chi connectivity index (χ1v) is 11.2. The average molecular weight is 543 g/mol. The Hall–Kier alpha value is -2.93. The van der Waals surface area contributed by atoms with E-state index in [1.165, 1.54) is 29.9 Å². The van der Waals surface area contributed by atoms with Crippen molar-refractivity contribution in [3.8, 4) is 0 Å². The zero-order valence-corrected chi connectivity index (χ0v) is 20.0. The highest BCUT2D eigenvalue weighted by Crippen LogP contribution is 2.29. The highest BCUT2D eigenvalue weighted by Gasteiger charge is 2.36. The van der Waals surface area contributed by atoms with Crippen LogP contribution in [0.3, 0.4) is 0 Å². The number of carbonyl (C=O) groups is 2. The number of halogens is 4. The van der Waals surface area contributed by atoms with Gasteiger partial charge in [-0.3, -0.25) is 9.48 Å². The highest BCUT2D eigenvalue weighted by atomic mass is 79.9. The van der Waals surface area contributed by atoms with Gasteiger partial charge in [-0.1, -0.05) is 0 Å². The number of rotatable bonds is 5. The van der Waals surface area contributed by atoms with Crippen LogP contribution in [0.5, 0.6) is 0 Å². The third-order valence-electron chi connectivity index (χ3n) is 5.55. The fourth-order valence-corrected chi connectivity index (χ4v) is 4.32. The molecule has 34 heavy (non-hydrogen) atoms. The molecule has 1 atom stereocenters. The summed E-state index contributed by atoms with van der Waals surface area (Å²) in [6.45, 7) is 1.21. The minimum atomic E-state index is -2.60. The van der Waals surface area contributed by atoms with Crippen LogP contribution >= 0.6 is 15.9 Å². The molecule has 3 heterocycles. The van der Waals surface area contributed by atoms with Gasteiger partial charge in [-0.15, -0.1) is 0 Å². The number of fused-ring (bicyclic) bond motifs is 3. The molecule has 0 radical (unpaired) electrons. The van der Waals surface area contributed by atoms with E-state index in [0.717, 1.165) is 5.01 Å². The molecule has 1 N–H and O–H groups in total. The molecular weight excluding hydrogens is 521 g/mol. The third kappa shape index (κ3) is 4.94. The maximum absolute atomic E-state index is 13.5. The Balaban J connectivity index is 1.55. The molecule has 0 saturated carbocycles. The quantitative estimate of drug-likeness (QED) is 0.626. The number of anilines is 1. The van der Waals surface area contributed by atoms with Crippen LogP contribution in [0.1, 0.15) is 28.7 Å². The van der Waals surface area contributed by atoms with Crippen LogP contribution in [0, 0.1) is 5.82 Å². The average Bonchev–Trinajstić information content (AvgIpc) is 3.05. The molecule has 0 fully saturated rings. The second kappa shape index (κ2) is 9.74. The van der Waals surface area contributed by atoms with Gasteiger partial charge in [0, 0.05) is 30.8 Å². The summed E-state index contributed by atoms with van der Waals surface area (Å²) in [6.07, 6.45) is -2.19. The summed E-state index contributed by atoms with van der Waals surface area (Å²) in [5.74, 6) is -0.865. The van der Waals surface area contributed by atoms with E-state index in [-0.39, 0.29) is 30.2 Å². The summed E-state index contributed by atoms with van der Waals surface area (Å²) in [5.41, 5.74) is 2.38. The normalized spacial score (nSPS) is 17.9. The summed E-state index contributed by atoms with van der Waals surface area (Å²) in [4.78, 5) is 27.6. The number of hydrogen-bond donors (Lipinski definition) is 1. The lowest BCUT2D eigenvalue weighted by Crippen LogP contribution is -2.45. The molecule has 3 amide bonds. The van der Waals surface area contributed by atoms with Gasteiger partial charge in [0.15, 0.2) is 0 Å². The van der Waals surface area contributed by atoms with Crippen molar-refractivity contribution in [2.75, 3.05) is 25.6 Å². The largest absolute Gasteiger partial charge is 0.369 e. The number of nitrogens with one attached hydrogen (secondary N) is 1. The topological polar surface area (TPSA) is 92.1 Å². The van der Waals surface area contributed by atoms with Crippen molar-refractivity contribution < 1.29 is 27.5 Å². The number of ether oxygens (including phenoxy) is 1. The first-order chi connectivity index (χ1) is 16.1. The number of carbonyl (C=O) groups excluding carboxylic acids is 2. The first kappa shape index (κ1) is 24.2. The van der Waals surface area contributed by atoms with Gasteiger partial charge in [0.05, 0.1) is 35.6 Å². The van der Waals surface area contributed by atoms with Gasteiger partial charge in [-0.25, -0.2) is 23.0 Å². The van der Waals surface area contributed by atoms with Crippen LogP contribution in [0.2, 0.25) is 0 Å². The highest BCUT2D eigenvalue weighted by molar-refractivity contribution is 9.10. The number of hydrazone groups is 1. The molecule has 0 aliphatic carbocycles. The summed E-state index contributed by atoms with van der Waals surface area (Å²) >= 11 is 3.10. The van der Waals surface area contributed by atoms with Gasteiger partial charge in [0.1, 0.15) is 18.1 Å². The van der Waals surface area contributed by atoms with Crippen LogP contribution in [0.15, 0.2) is 27.8 Å². The van der Waals surface area contributed by atoms with E-state index in [4.69, 9.17) is 4.74 Å². The number of benzene rings is 1. The lowest BCUT2D eigenvalue weighted by molar-refractivity contribution is 0.0316. The molecule has 0 saturated heterocycles. The fourth-order valence-electron chi connectivity index (χ4n) is 3.95. The second-order valence-electron chi connectivity index (χ2n) is 8.07. The van der Waals surface area contributed by atoms with Gasteiger partial charge < -0.3 is 15.0 Å². The second-order valence-corrected chi connectivity index (χ2v) is 8.93. The van der Waals surface area contributed by atoms with Crippen LogP contribution in [0.4, 0.5) is 23.7 Å². The number of nitrogens with zero attached hydrogens (tertiary/aromatic N) is 5. The van der Waals surface area contributed by atoms with E-state index >= 15 is 0 Å². The predicted octanol–water partition coefficient (Wildman–Crippen LogP) is 3.49. The number of amides is 3. The molecule has 2 aliphatic rings. The molecule has 182 valence electrons. The first-order valence-electron chi connectivity index (χ1n) is 10.5. The number of alkyl halides is 2. The van der Waals surface area contributed by atoms with Gasteiger partial charge in [0.2, 0.25) is 0 Å². The monoisotopic (exact) mass is 542 g/mol. The van der Waals surface area contributed by atoms with Crippen LogP contribution in [-0.2, 0) is 24.2 Å².